The van der Waals surface area contributed by atoms with E-state index in [1.54, 1.807) is 77.3 Å². The van der Waals surface area contributed by atoms with Gasteiger partial charge in [0.1, 0.15) is 29.5 Å². The number of benzene rings is 2. The predicted molar refractivity (Wildman–Crippen MR) is 351 cm³/mol. The number of primary amides is 1. The van der Waals surface area contributed by atoms with E-state index in [0.29, 0.717) is 17.7 Å². The third-order valence-electron chi connectivity index (χ3n) is 18.1. The zero-order valence-electron chi connectivity index (χ0n) is 55.1. The quantitative estimate of drug-likeness (QED) is 0.0551. The first kappa shape index (κ1) is 75.9. The first-order valence-electron chi connectivity index (χ1n) is 32.2. The van der Waals surface area contributed by atoms with Crippen molar-refractivity contribution in [1.29, 1.82) is 0 Å². The monoisotopic (exact) mass is 1390 g/mol. The number of fused-ring (bicyclic) bond motifs is 5. The van der Waals surface area contributed by atoms with Crippen molar-refractivity contribution in [3.63, 3.8) is 0 Å². The van der Waals surface area contributed by atoms with Gasteiger partial charge in [-0.15, -0.1) is 0 Å². The maximum atomic E-state index is 15.2. The van der Waals surface area contributed by atoms with Crippen LogP contribution in [0.2, 0.25) is 0 Å². The fraction of sp³-hybridized carbons (Fsp3) is 0.569. The van der Waals surface area contributed by atoms with Gasteiger partial charge in [0, 0.05) is 93.4 Å². The van der Waals surface area contributed by atoms with Gasteiger partial charge in [-0.1, -0.05) is 60.1 Å². The van der Waals surface area contributed by atoms with Gasteiger partial charge in [0.05, 0.1) is 83.3 Å². The van der Waals surface area contributed by atoms with Crippen LogP contribution >= 0.6 is 11.8 Å². The summed E-state index contributed by atoms with van der Waals surface area (Å²) in [6, 6.07) is 4.01. The fourth-order valence-corrected chi connectivity index (χ4v) is 14.2. The maximum Gasteiger partial charge on any atom is 0.243 e. The number of carbonyl (C=O) groups is 14. The van der Waals surface area contributed by atoms with Crippen molar-refractivity contribution < 1.29 is 91.4 Å². The van der Waals surface area contributed by atoms with Crippen molar-refractivity contribution >= 4 is 121 Å². The summed E-state index contributed by atoms with van der Waals surface area (Å²) in [5, 5.41) is 49.8. The van der Waals surface area contributed by atoms with Gasteiger partial charge in [-0.05, 0) is 59.4 Å². The lowest BCUT2D eigenvalue weighted by Crippen LogP contribution is -2.56. The Hall–Kier alpha value is -8.46. The van der Waals surface area contributed by atoms with E-state index < -0.39 is 210 Å². The number of aromatic nitrogens is 1. The molecule has 2 saturated heterocycles. The van der Waals surface area contributed by atoms with E-state index in [4.69, 9.17) is 10.5 Å². The number of nitrogens with two attached hydrogens (primary N) is 1. The molecule has 4 aliphatic rings. The zero-order chi connectivity index (χ0) is 71.3. The molecule has 4 aliphatic heterocycles. The van der Waals surface area contributed by atoms with E-state index in [-0.39, 0.29) is 89.6 Å². The Balaban J connectivity index is 1.18. The minimum absolute atomic E-state index is 0.0565. The molecule has 97 heavy (non-hydrogen) atoms. The number of Topliss-reactive ketones (excluding diaryl/α,β-unsaturated/α-hetero) is 3. The molecule has 0 saturated carbocycles. The summed E-state index contributed by atoms with van der Waals surface area (Å²) in [6.07, 6.45) is -4.52. The second kappa shape index (κ2) is 34.2. The van der Waals surface area contributed by atoms with Crippen LogP contribution in [0.3, 0.4) is 0 Å². The normalized spacial score (nSPS) is 25.2. The molecule has 12 unspecified atom stereocenters. The van der Waals surface area contributed by atoms with E-state index >= 15 is 4.21 Å². The summed E-state index contributed by atoms with van der Waals surface area (Å²) < 4.78 is 21.4. The number of H-pyrrole nitrogens is 1. The number of ketones is 3. The Kier molecular flexibility index (Phi) is 26.7. The Morgan fingerprint density at radius 3 is 2.14 bits per heavy atom. The van der Waals surface area contributed by atoms with Crippen LogP contribution in [0.25, 0.3) is 10.9 Å². The number of aliphatic hydroxyl groups excluding tert-OH is 3. The second-order valence-corrected chi connectivity index (χ2v) is 28.1. The number of imide groups is 1. The fourth-order valence-electron chi connectivity index (χ4n) is 12.1. The maximum absolute atomic E-state index is 15.2. The standard InChI is InChI=1S/C65H87N11O19S2/c1-8-32(4)58-62(91)68-25-54(85)70-45-30-97(94)63-42(22-44(61(90)67-26-55(86)74-58)71-60(89)41(34(6)50(82)28-77)23-48(80)46-20-38(78)27-76(46)64(92)36(18-47(45)79)19-52(66)83)40-14-13-39(21-43(40)72-63)95-29-35-9-11-37(12-10-35)69-59(88)33(5)17-49(81)57(31(2)3)73-53(84)15-16-75-56(87)24-51(96-7)65(75)93/h9-14,21,31-34,36,38,41,44-46,50-51,57-58,72,77-78,82H,8,15-20,22-30H2,1-7H3,(H2,66,83)(H,67,90)(H,68,91)(H,69,88)(H,70,85)(H,71,89)(H,73,84)(H,74,86)/t32?,33-,34?,36?,38?,41?,44?,45?,46?,50?,51?,57+,58?,97?/m1/s1. The Labute approximate surface area is 566 Å². The molecule has 528 valence electrons. The van der Waals surface area contributed by atoms with Gasteiger partial charge in [-0.3, -0.25) is 76.2 Å². The van der Waals surface area contributed by atoms with Gasteiger partial charge in [0.2, 0.25) is 65.0 Å². The number of rotatable bonds is 21. The number of hydrogen-bond acceptors (Lipinski definition) is 20. The molecule has 3 aromatic rings. The number of thioether (sulfide) groups is 1. The van der Waals surface area contributed by atoms with E-state index in [2.05, 4.69) is 42.2 Å². The van der Waals surface area contributed by atoms with Crippen molar-refractivity contribution in [2.75, 3.05) is 50.1 Å². The first-order chi connectivity index (χ1) is 45.9. The highest BCUT2D eigenvalue weighted by atomic mass is 32.2. The van der Waals surface area contributed by atoms with Gasteiger partial charge >= 0.3 is 0 Å². The molecule has 2 aromatic carbocycles. The topological polar surface area (TPSA) is 458 Å². The SMILES string of the molecule is CCC(C)C1NC(=O)CNC(=O)C2Cc3c([nH]c4cc(OCc5ccc(NC(=O)[C@H](C)CC(=O)[C@@H](NC(=O)CCN6C(=O)CC(SC)C6=O)C(C)C)cc5)ccc34)S(=O)CC(NC(=O)CNC1=O)C(=O)CC(CC(N)=O)C(=O)N1CC(O)CC1C(=O)CC(C(C)C(O)CO)C(=O)N2. The number of aromatic amines is 1. The highest BCUT2D eigenvalue weighted by Gasteiger charge is 2.46. The molecule has 14 atom stereocenters. The van der Waals surface area contributed by atoms with Crippen molar-refractivity contribution in [1.82, 2.24) is 46.7 Å². The second-order valence-electron chi connectivity index (χ2n) is 25.6. The Morgan fingerprint density at radius 2 is 1.51 bits per heavy atom. The lowest BCUT2D eigenvalue weighted by Gasteiger charge is -2.31. The van der Waals surface area contributed by atoms with E-state index in [1.807, 2.05) is 0 Å². The molecule has 7 rings (SSSR count). The number of ether oxygens (including phenoxy) is 1. The minimum atomic E-state index is -2.43. The van der Waals surface area contributed by atoms with Crippen LogP contribution in [0.15, 0.2) is 47.5 Å². The van der Waals surface area contributed by atoms with E-state index in [1.165, 1.54) is 24.8 Å². The number of nitrogens with zero attached hydrogens (tertiary/aromatic N) is 2. The Morgan fingerprint density at radius 1 is 0.825 bits per heavy atom. The lowest BCUT2D eigenvalue weighted by atomic mass is 9.83. The molecule has 11 amide bonds. The van der Waals surface area contributed by atoms with Crippen molar-refractivity contribution in [2.45, 2.75) is 159 Å². The first-order valence-corrected chi connectivity index (χ1v) is 34.8. The highest BCUT2D eigenvalue weighted by molar-refractivity contribution is 8.00. The van der Waals surface area contributed by atoms with Crippen LogP contribution in [0.5, 0.6) is 5.75 Å². The van der Waals surface area contributed by atoms with Gasteiger partial charge in [0.15, 0.2) is 17.3 Å². The van der Waals surface area contributed by atoms with Gasteiger partial charge in [-0.2, -0.15) is 11.8 Å². The van der Waals surface area contributed by atoms with E-state index in [0.717, 1.165) is 9.80 Å². The lowest BCUT2D eigenvalue weighted by molar-refractivity contribution is -0.145. The molecule has 0 radical (unpaired) electrons. The van der Waals surface area contributed by atoms with Gasteiger partial charge in [-0.25, -0.2) is 0 Å². The number of carbonyl (C=O) groups excluding carboxylic acids is 14. The van der Waals surface area contributed by atoms with Crippen LogP contribution in [0.4, 0.5) is 5.69 Å². The summed E-state index contributed by atoms with van der Waals surface area (Å²) in [7, 11) is -2.43. The number of hydrogen-bond donors (Lipinski definition) is 12. The molecule has 2 bridgehead atoms. The minimum Gasteiger partial charge on any atom is -0.489 e. The largest absolute Gasteiger partial charge is 0.489 e. The number of nitrogens with one attached hydrogen (secondary N) is 8. The van der Waals surface area contributed by atoms with Crippen molar-refractivity contribution in [2.24, 2.45) is 41.2 Å². The summed E-state index contributed by atoms with van der Waals surface area (Å²) in [5.41, 5.74) is 6.95. The van der Waals surface area contributed by atoms with Gasteiger partial charge in [0.25, 0.3) is 0 Å². The van der Waals surface area contributed by atoms with Crippen LogP contribution in [-0.4, -0.2) is 209 Å². The summed E-state index contributed by atoms with van der Waals surface area (Å²) in [4.78, 5) is 197. The molecule has 0 aliphatic carbocycles. The number of likely N-dealkylation sites (tertiary alicyclic amines) is 1. The predicted octanol–water partition coefficient (Wildman–Crippen LogP) is -1.31. The average Bonchev–Trinajstić information content (AvgIpc) is 1.69. The third kappa shape index (κ3) is 19.7. The molecular weight excluding hydrogens is 1300 g/mol. The molecule has 30 nitrogen and oxygen atoms in total. The van der Waals surface area contributed by atoms with Crippen molar-refractivity contribution in [3.05, 3.63) is 53.6 Å². The molecule has 5 heterocycles. The van der Waals surface area contributed by atoms with Crippen molar-refractivity contribution in [3.8, 4) is 5.75 Å². The molecule has 0 spiro atoms. The Bertz CT molecular complexity index is 3550. The van der Waals surface area contributed by atoms with Crippen LogP contribution < -0.4 is 47.7 Å². The number of amides is 11. The average molecular weight is 1390 g/mol. The number of aliphatic hydroxyl groups is 3. The van der Waals surface area contributed by atoms with E-state index in [9.17, 15) is 82.4 Å². The summed E-state index contributed by atoms with van der Waals surface area (Å²) in [5.74, 6) is -17.3. The van der Waals surface area contributed by atoms with Crippen LogP contribution in [0, 0.1) is 35.5 Å². The van der Waals surface area contributed by atoms with Gasteiger partial charge < -0.3 is 72.9 Å². The zero-order valence-corrected chi connectivity index (χ0v) is 56.7. The molecule has 1 aromatic heterocycles. The molecule has 2 fully saturated rings. The molecular formula is C65H87N11O19S2. The van der Waals surface area contributed by atoms with Crippen LogP contribution in [-0.2, 0) is 91.0 Å². The number of anilines is 1. The molecule has 32 heteroatoms. The highest BCUT2D eigenvalue weighted by Crippen LogP contribution is 2.33. The van der Waals surface area contributed by atoms with Crippen LogP contribution in [0.1, 0.15) is 104 Å². The smallest absolute Gasteiger partial charge is 0.243 e. The summed E-state index contributed by atoms with van der Waals surface area (Å²) in [6.45, 7) is 6.70. The summed E-state index contributed by atoms with van der Waals surface area (Å²) >= 11 is 1.26. The molecule has 13 N–H and O–H groups in total. The third-order valence-corrected chi connectivity index (χ3v) is 20.5.